The largest absolute Gasteiger partial charge is 0.487 e. The molecule has 4 rings (SSSR count). The standard InChI is InChI=1S/C24H30N2O4S/c1-4-24(5-2)16-21(20-10-6-7-11-23(20)30-24)25-31(28,29)19-12-13-22-18(15-19)9-8-14-26(22)17(3)27/h6-7,10-13,15,21,25H,4-5,8-9,14,16H2,1-3H3. The van der Waals surface area contributed by atoms with Crippen LogP contribution in [-0.2, 0) is 21.2 Å². The first-order valence-electron chi connectivity index (χ1n) is 11.0. The molecule has 2 aromatic carbocycles. The van der Waals surface area contributed by atoms with Crippen molar-refractivity contribution in [1.29, 1.82) is 0 Å². The maximum absolute atomic E-state index is 13.4. The molecule has 166 valence electrons. The number of para-hydroxylation sites is 1. The zero-order valence-corrected chi connectivity index (χ0v) is 19.2. The number of carbonyl (C=O) groups excluding carboxylic acids is 1. The fourth-order valence-electron chi connectivity index (χ4n) is 4.73. The summed E-state index contributed by atoms with van der Waals surface area (Å²) >= 11 is 0. The molecular weight excluding hydrogens is 412 g/mol. The predicted molar refractivity (Wildman–Crippen MR) is 121 cm³/mol. The molecule has 7 heteroatoms. The molecule has 2 heterocycles. The summed E-state index contributed by atoms with van der Waals surface area (Å²) in [6.45, 7) is 6.36. The lowest BCUT2D eigenvalue weighted by Gasteiger charge is -2.41. The smallest absolute Gasteiger partial charge is 0.241 e. The first kappa shape index (κ1) is 21.8. The number of nitrogens with zero attached hydrogens (tertiary/aromatic N) is 1. The van der Waals surface area contributed by atoms with Crippen molar-refractivity contribution in [2.45, 2.75) is 69.4 Å². The molecule has 0 aromatic heterocycles. The van der Waals surface area contributed by atoms with Gasteiger partial charge in [0.25, 0.3) is 0 Å². The number of hydrogen-bond acceptors (Lipinski definition) is 4. The second-order valence-electron chi connectivity index (χ2n) is 8.47. The van der Waals surface area contributed by atoms with Crippen LogP contribution in [0.4, 0.5) is 5.69 Å². The normalized spacial score (nSPS) is 19.8. The highest BCUT2D eigenvalue weighted by Crippen LogP contribution is 2.43. The first-order chi connectivity index (χ1) is 14.8. The SMILES string of the molecule is CCC1(CC)CC(NS(=O)(=O)c2ccc3c(c2)CCCN3C(C)=O)c2ccccc2O1. The number of sulfonamides is 1. The summed E-state index contributed by atoms with van der Waals surface area (Å²) in [4.78, 5) is 13.9. The lowest BCUT2D eigenvalue weighted by Crippen LogP contribution is -2.44. The van der Waals surface area contributed by atoms with Gasteiger partial charge in [-0.3, -0.25) is 4.79 Å². The minimum absolute atomic E-state index is 0.0241. The van der Waals surface area contributed by atoms with E-state index in [4.69, 9.17) is 4.74 Å². The molecule has 6 nitrogen and oxygen atoms in total. The van der Waals surface area contributed by atoms with Gasteiger partial charge in [-0.15, -0.1) is 0 Å². The summed E-state index contributed by atoms with van der Waals surface area (Å²) in [6, 6.07) is 12.4. The molecular formula is C24H30N2O4S. The Balaban J connectivity index is 1.67. The second kappa shape index (κ2) is 8.28. The van der Waals surface area contributed by atoms with Crippen LogP contribution in [-0.4, -0.2) is 26.5 Å². The van der Waals surface area contributed by atoms with E-state index in [0.29, 0.717) is 13.0 Å². The van der Waals surface area contributed by atoms with E-state index in [1.54, 1.807) is 23.1 Å². The van der Waals surface area contributed by atoms with E-state index < -0.39 is 10.0 Å². The van der Waals surface area contributed by atoms with Gasteiger partial charge in [0, 0.05) is 31.1 Å². The molecule has 1 unspecified atom stereocenters. The molecule has 0 aliphatic carbocycles. The highest BCUT2D eigenvalue weighted by atomic mass is 32.2. The molecule has 2 aromatic rings. The first-order valence-corrected chi connectivity index (χ1v) is 12.5. The molecule has 2 aliphatic rings. The molecule has 1 amide bonds. The summed E-state index contributed by atoms with van der Waals surface area (Å²) in [7, 11) is -3.75. The lowest BCUT2D eigenvalue weighted by atomic mass is 9.84. The van der Waals surface area contributed by atoms with Crippen LogP contribution in [0.15, 0.2) is 47.4 Å². The summed E-state index contributed by atoms with van der Waals surface area (Å²) in [5.41, 5.74) is 2.18. The van der Waals surface area contributed by atoms with Crippen molar-refractivity contribution in [3.63, 3.8) is 0 Å². The number of ether oxygens (including phenoxy) is 1. The number of nitrogens with one attached hydrogen (secondary N) is 1. The summed E-state index contributed by atoms with van der Waals surface area (Å²) < 4.78 is 36.0. The fraction of sp³-hybridized carbons (Fsp3) is 0.458. The van der Waals surface area contributed by atoms with Crippen LogP contribution in [0.25, 0.3) is 0 Å². The Hall–Kier alpha value is -2.38. The second-order valence-corrected chi connectivity index (χ2v) is 10.2. The molecule has 0 fully saturated rings. The fourth-order valence-corrected chi connectivity index (χ4v) is 6.00. The number of fused-ring (bicyclic) bond motifs is 2. The Labute approximate surface area is 184 Å². The van der Waals surface area contributed by atoms with Gasteiger partial charge in [-0.1, -0.05) is 32.0 Å². The van der Waals surface area contributed by atoms with Crippen molar-refractivity contribution in [2.24, 2.45) is 0 Å². The topological polar surface area (TPSA) is 75.7 Å². The summed E-state index contributed by atoms with van der Waals surface area (Å²) in [6.07, 6.45) is 3.77. The predicted octanol–water partition coefficient (Wildman–Crippen LogP) is 4.35. The molecule has 1 N–H and O–H groups in total. The third-order valence-corrected chi connectivity index (χ3v) is 8.11. The van der Waals surface area contributed by atoms with Gasteiger partial charge in [-0.2, -0.15) is 0 Å². The maximum atomic E-state index is 13.4. The number of anilines is 1. The van der Waals surface area contributed by atoms with Gasteiger partial charge in [0.2, 0.25) is 15.9 Å². The van der Waals surface area contributed by atoms with Crippen molar-refractivity contribution < 1.29 is 17.9 Å². The molecule has 31 heavy (non-hydrogen) atoms. The zero-order valence-electron chi connectivity index (χ0n) is 18.3. The van der Waals surface area contributed by atoms with E-state index in [2.05, 4.69) is 18.6 Å². The van der Waals surface area contributed by atoms with Gasteiger partial charge < -0.3 is 9.64 Å². The number of aryl methyl sites for hydroxylation is 1. The number of rotatable bonds is 5. The highest BCUT2D eigenvalue weighted by Gasteiger charge is 2.40. The molecule has 0 bridgehead atoms. The maximum Gasteiger partial charge on any atom is 0.241 e. The van der Waals surface area contributed by atoms with Gasteiger partial charge in [-0.05, 0) is 55.5 Å². The Kier molecular flexibility index (Phi) is 5.83. The van der Waals surface area contributed by atoms with E-state index in [9.17, 15) is 13.2 Å². The van der Waals surface area contributed by atoms with Crippen LogP contribution in [0.2, 0.25) is 0 Å². The average molecular weight is 443 g/mol. The Morgan fingerprint density at radius 3 is 2.65 bits per heavy atom. The number of hydrogen-bond donors (Lipinski definition) is 1. The third-order valence-electron chi connectivity index (χ3n) is 6.64. The molecule has 0 saturated heterocycles. The lowest BCUT2D eigenvalue weighted by molar-refractivity contribution is -0.116. The monoisotopic (exact) mass is 442 g/mol. The highest BCUT2D eigenvalue weighted by molar-refractivity contribution is 7.89. The van der Waals surface area contributed by atoms with Crippen LogP contribution in [0, 0.1) is 0 Å². The zero-order chi connectivity index (χ0) is 22.2. The van der Waals surface area contributed by atoms with Crippen LogP contribution in [0.3, 0.4) is 0 Å². The number of benzene rings is 2. The molecule has 2 aliphatic heterocycles. The van der Waals surface area contributed by atoms with Crippen molar-refractivity contribution in [2.75, 3.05) is 11.4 Å². The third kappa shape index (κ3) is 4.08. The molecule has 0 saturated carbocycles. The van der Waals surface area contributed by atoms with Gasteiger partial charge in [-0.25, -0.2) is 13.1 Å². The van der Waals surface area contributed by atoms with E-state index in [1.807, 2.05) is 24.3 Å². The minimum atomic E-state index is -3.75. The van der Waals surface area contributed by atoms with Crippen molar-refractivity contribution in [1.82, 2.24) is 4.72 Å². The van der Waals surface area contributed by atoms with E-state index in [1.165, 1.54) is 6.92 Å². The summed E-state index contributed by atoms with van der Waals surface area (Å²) in [5, 5.41) is 0. The van der Waals surface area contributed by atoms with Crippen molar-refractivity contribution in [3.05, 3.63) is 53.6 Å². The van der Waals surface area contributed by atoms with Crippen LogP contribution < -0.4 is 14.4 Å². The van der Waals surface area contributed by atoms with Crippen LogP contribution >= 0.6 is 0 Å². The summed E-state index contributed by atoms with van der Waals surface area (Å²) in [5.74, 6) is 0.719. The van der Waals surface area contributed by atoms with E-state index in [-0.39, 0.29) is 22.4 Å². The van der Waals surface area contributed by atoms with E-state index >= 15 is 0 Å². The van der Waals surface area contributed by atoms with Crippen LogP contribution in [0.1, 0.15) is 63.6 Å². The van der Waals surface area contributed by atoms with Gasteiger partial charge in [0.15, 0.2) is 0 Å². The van der Waals surface area contributed by atoms with Crippen LogP contribution in [0.5, 0.6) is 5.75 Å². The Bertz CT molecular complexity index is 1090. The Morgan fingerprint density at radius 2 is 1.94 bits per heavy atom. The average Bonchev–Trinajstić information content (AvgIpc) is 2.77. The van der Waals surface area contributed by atoms with E-state index in [0.717, 1.165) is 48.2 Å². The van der Waals surface area contributed by atoms with Gasteiger partial charge in [0.1, 0.15) is 11.4 Å². The van der Waals surface area contributed by atoms with Gasteiger partial charge >= 0.3 is 0 Å². The minimum Gasteiger partial charge on any atom is -0.487 e. The molecule has 0 spiro atoms. The quantitative estimate of drug-likeness (QED) is 0.747. The van der Waals surface area contributed by atoms with Crippen molar-refractivity contribution in [3.8, 4) is 5.75 Å². The molecule has 1 atom stereocenters. The number of carbonyl (C=O) groups is 1. The Morgan fingerprint density at radius 1 is 1.19 bits per heavy atom. The number of amides is 1. The molecule has 0 radical (unpaired) electrons. The van der Waals surface area contributed by atoms with Gasteiger partial charge in [0.05, 0.1) is 10.9 Å². The van der Waals surface area contributed by atoms with Crippen molar-refractivity contribution >= 4 is 21.6 Å².